The van der Waals surface area contributed by atoms with E-state index >= 15 is 0 Å². The molecule has 2 aliphatic rings. The Balaban J connectivity index is 2.17. The van der Waals surface area contributed by atoms with Gasteiger partial charge in [0, 0.05) is 6.04 Å². The first-order valence-corrected chi connectivity index (χ1v) is 5.44. The summed E-state index contributed by atoms with van der Waals surface area (Å²) in [6, 6.07) is 4.52. The highest BCUT2D eigenvalue weighted by molar-refractivity contribution is 5.48. The molecule has 4 heteroatoms. The number of alkyl halides is 3. The third kappa shape index (κ3) is 1.22. The highest BCUT2D eigenvalue weighted by Crippen LogP contribution is 2.55. The van der Waals surface area contributed by atoms with Crippen LogP contribution in [0.25, 0.3) is 0 Å². The number of rotatable bonds is 0. The maximum atomic E-state index is 12.8. The van der Waals surface area contributed by atoms with Crippen molar-refractivity contribution in [2.45, 2.75) is 36.9 Å². The number of benzene rings is 1. The molecule has 0 heterocycles. The average Bonchev–Trinajstić information content (AvgIpc) is 2.73. The van der Waals surface area contributed by atoms with Gasteiger partial charge in [0.05, 0.1) is 5.56 Å². The molecule has 3 atom stereocenters. The van der Waals surface area contributed by atoms with E-state index in [1.54, 1.807) is 6.07 Å². The fourth-order valence-electron chi connectivity index (χ4n) is 3.27. The van der Waals surface area contributed by atoms with Gasteiger partial charge in [-0.25, -0.2) is 0 Å². The Hall–Kier alpha value is -1.03. The second-order valence-electron chi connectivity index (χ2n) is 4.74. The lowest BCUT2D eigenvalue weighted by molar-refractivity contribution is -0.138. The maximum absolute atomic E-state index is 12.8. The van der Waals surface area contributed by atoms with E-state index in [1.807, 2.05) is 0 Å². The van der Waals surface area contributed by atoms with E-state index in [9.17, 15) is 13.2 Å². The molecule has 0 unspecified atom stereocenters. The molecule has 1 saturated carbocycles. The lowest BCUT2D eigenvalue weighted by Gasteiger charge is -2.24. The molecule has 2 N–H and O–H groups in total. The van der Waals surface area contributed by atoms with Crippen LogP contribution in [0.4, 0.5) is 13.2 Å². The van der Waals surface area contributed by atoms with Gasteiger partial charge in [0.25, 0.3) is 0 Å². The van der Waals surface area contributed by atoms with Gasteiger partial charge in [0.15, 0.2) is 0 Å². The number of hydrogen-bond donors (Lipinski definition) is 1. The summed E-state index contributed by atoms with van der Waals surface area (Å²) in [5.74, 6) is 0.162. The van der Waals surface area contributed by atoms with Crippen LogP contribution in [0.15, 0.2) is 18.2 Å². The Morgan fingerprint density at radius 1 is 1.19 bits per heavy atom. The van der Waals surface area contributed by atoms with Gasteiger partial charge in [-0.05, 0) is 41.9 Å². The molecule has 2 bridgehead atoms. The van der Waals surface area contributed by atoms with Crippen LogP contribution in [0.1, 0.15) is 41.4 Å². The van der Waals surface area contributed by atoms with Gasteiger partial charge in [-0.2, -0.15) is 13.2 Å². The summed E-state index contributed by atoms with van der Waals surface area (Å²) in [5, 5.41) is 0. The molecule has 0 radical (unpaired) electrons. The van der Waals surface area contributed by atoms with Crippen molar-refractivity contribution >= 4 is 0 Å². The molecule has 86 valence electrons. The standard InChI is InChI=1S/C12H12F3N/c13-12(14,15)9-3-1-2-7-8-4-6(11(7)9)5-10(8)16/h1-3,6,8,10H,4-5,16H2/t6-,8-,10-/m0/s1. The van der Waals surface area contributed by atoms with E-state index in [0.717, 1.165) is 12.0 Å². The zero-order chi connectivity index (χ0) is 11.5. The molecule has 1 nitrogen and oxygen atoms in total. The molecular formula is C12H12F3N. The second-order valence-corrected chi connectivity index (χ2v) is 4.74. The summed E-state index contributed by atoms with van der Waals surface area (Å²) in [6.07, 6.45) is -2.74. The lowest BCUT2D eigenvalue weighted by Crippen LogP contribution is -2.26. The predicted octanol–water partition coefficient (Wildman–Crippen LogP) is 3.01. The van der Waals surface area contributed by atoms with Crippen molar-refractivity contribution < 1.29 is 13.2 Å². The van der Waals surface area contributed by atoms with Crippen LogP contribution in [-0.4, -0.2) is 6.04 Å². The Morgan fingerprint density at radius 2 is 1.94 bits per heavy atom. The van der Waals surface area contributed by atoms with Gasteiger partial charge in [-0.15, -0.1) is 0 Å². The normalized spacial score (nSPS) is 31.9. The van der Waals surface area contributed by atoms with Gasteiger partial charge in [-0.1, -0.05) is 12.1 Å². The van der Waals surface area contributed by atoms with Crippen LogP contribution in [0.2, 0.25) is 0 Å². The van der Waals surface area contributed by atoms with E-state index in [4.69, 9.17) is 5.73 Å². The zero-order valence-electron chi connectivity index (χ0n) is 8.59. The zero-order valence-corrected chi connectivity index (χ0v) is 8.59. The summed E-state index contributed by atoms with van der Waals surface area (Å²) in [4.78, 5) is 0. The van der Waals surface area contributed by atoms with Crippen LogP contribution in [-0.2, 0) is 6.18 Å². The molecule has 1 aromatic rings. The van der Waals surface area contributed by atoms with E-state index in [0.29, 0.717) is 12.0 Å². The molecule has 1 fully saturated rings. The van der Waals surface area contributed by atoms with Gasteiger partial charge in [0.2, 0.25) is 0 Å². The average molecular weight is 227 g/mol. The molecule has 0 amide bonds. The van der Waals surface area contributed by atoms with Crippen molar-refractivity contribution in [2.24, 2.45) is 5.73 Å². The monoisotopic (exact) mass is 227 g/mol. The van der Waals surface area contributed by atoms with Gasteiger partial charge < -0.3 is 5.73 Å². The maximum Gasteiger partial charge on any atom is 0.416 e. The van der Waals surface area contributed by atoms with Crippen molar-refractivity contribution in [2.75, 3.05) is 0 Å². The fourth-order valence-corrected chi connectivity index (χ4v) is 3.27. The highest BCUT2D eigenvalue weighted by atomic mass is 19.4. The molecule has 0 aromatic heterocycles. The van der Waals surface area contributed by atoms with E-state index in [2.05, 4.69) is 0 Å². The molecule has 16 heavy (non-hydrogen) atoms. The molecule has 0 spiro atoms. The van der Waals surface area contributed by atoms with Crippen LogP contribution in [0.3, 0.4) is 0 Å². The van der Waals surface area contributed by atoms with Crippen LogP contribution >= 0.6 is 0 Å². The minimum absolute atomic E-state index is 0.0211. The first-order chi connectivity index (χ1) is 7.48. The molecule has 2 aliphatic carbocycles. The lowest BCUT2D eigenvalue weighted by atomic mass is 9.86. The first-order valence-electron chi connectivity index (χ1n) is 5.44. The number of fused-ring (bicyclic) bond motifs is 5. The van der Waals surface area contributed by atoms with E-state index in [-0.39, 0.29) is 17.9 Å². The van der Waals surface area contributed by atoms with Gasteiger partial charge in [0.1, 0.15) is 0 Å². The Morgan fingerprint density at radius 3 is 2.62 bits per heavy atom. The minimum Gasteiger partial charge on any atom is -0.327 e. The third-order valence-corrected chi connectivity index (χ3v) is 3.86. The van der Waals surface area contributed by atoms with Gasteiger partial charge in [-0.3, -0.25) is 0 Å². The summed E-state index contributed by atoms with van der Waals surface area (Å²) in [5.41, 5.74) is 6.81. The predicted molar refractivity (Wildman–Crippen MR) is 54.1 cm³/mol. The molecule has 1 aromatic carbocycles. The Kier molecular flexibility index (Phi) is 1.90. The Labute approximate surface area is 91.4 Å². The summed E-state index contributed by atoms with van der Waals surface area (Å²) >= 11 is 0. The topological polar surface area (TPSA) is 26.0 Å². The van der Waals surface area contributed by atoms with Crippen molar-refractivity contribution in [3.8, 4) is 0 Å². The van der Waals surface area contributed by atoms with Crippen molar-refractivity contribution in [3.05, 3.63) is 34.9 Å². The highest BCUT2D eigenvalue weighted by Gasteiger charge is 2.47. The van der Waals surface area contributed by atoms with Gasteiger partial charge >= 0.3 is 6.18 Å². The Bertz CT molecular complexity index is 438. The van der Waals surface area contributed by atoms with Crippen LogP contribution in [0.5, 0.6) is 0 Å². The van der Waals surface area contributed by atoms with E-state index in [1.165, 1.54) is 12.1 Å². The SMILES string of the molecule is N[C@H]1C[C@@H]2C[C@H]1c1cccc(C(F)(F)F)c12. The second kappa shape index (κ2) is 3.00. The largest absolute Gasteiger partial charge is 0.416 e. The fraction of sp³-hybridized carbons (Fsp3) is 0.500. The molecule has 0 saturated heterocycles. The molecule has 0 aliphatic heterocycles. The van der Waals surface area contributed by atoms with Crippen molar-refractivity contribution in [1.82, 2.24) is 0 Å². The first kappa shape index (κ1) is 10.1. The van der Waals surface area contributed by atoms with Crippen molar-refractivity contribution in [1.29, 1.82) is 0 Å². The summed E-state index contributed by atoms with van der Waals surface area (Å²) in [6.45, 7) is 0. The van der Waals surface area contributed by atoms with E-state index < -0.39 is 11.7 Å². The summed E-state index contributed by atoms with van der Waals surface area (Å²) in [7, 11) is 0. The molecule has 3 rings (SSSR count). The van der Waals surface area contributed by atoms with Crippen LogP contribution < -0.4 is 5.73 Å². The molecular weight excluding hydrogens is 215 g/mol. The number of hydrogen-bond acceptors (Lipinski definition) is 1. The smallest absolute Gasteiger partial charge is 0.327 e. The third-order valence-electron chi connectivity index (χ3n) is 3.86. The van der Waals surface area contributed by atoms with Crippen LogP contribution in [0, 0.1) is 0 Å². The summed E-state index contributed by atoms with van der Waals surface area (Å²) < 4.78 is 38.5. The number of halogens is 3. The van der Waals surface area contributed by atoms with Crippen molar-refractivity contribution in [3.63, 3.8) is 0 Å². The number of nitrogens with two attached hydrogens (primary N) is 1. The quantitative estimate of drug-likeness (QED) is 0.724. The minimum atomic E-state index is -4.24.